The summed E-state index contributed by atoms with van der Waals surface area (Å²) in [7, 11) is -3.94. The smallest absolute Gasteiger partial charge is 0.475 e. The molecule has 1 saturated heterocycles. The van der Waals surface area contributed by atoms with Crippen molar-refractivity contribution in [1.82, 2.24) is 10.6 Å². The van der Waals surface area contributed by atoms with Gasteiger partial charge in [0.25, 0.3) is 15.9 Å². The molecular formula is C29H30Cl2F3N3O6S. The molecular weight excluding hydrogens is 646 g/mol. The number of piperidine rings is 1. The van der Waals surface area contributed by atoms with Crippen molar-refractivity contribution in [3.63, 3.8) is 0 Å². The molecule has 4 rings (SSSR count). The molecule has 0 bridgehead atoms. The Morgan fingerprint density at radius 2 is 1.61 bits per heavy atom. The quantitative estimate of drug-likeness (QED) is 0.175. The first kappa shape index (κ1) is 35.0. The molecule has 1 aliphatic heterocycles. The minimum atomic E-state index is -5.08. The van der Waals surface area contributed by atoms with E-state index in [4.69, 9.17) is 37.8 Å². The molecule has 0 atom stereocenters. The van der Waals surface area contributed by atoms with Crippen molar-refractivity contribution in [3.05, 3.63) is 82.3 Å². The molecule has 0 radical (unpaired) electrons. The standard InChI is InChI=1S/C27H29Cl2N3O4S.C2HF3O2/c28-21-9-12-25(23(29)18-21)36-26-6-2-1-5-24(26)32-37(34,35)22-10-7-20(8-11-22)27(33)31-15-3-4-19-13-16-30-17-14-19;3-2(4,5)1(6)7/h1-2,5-12,18-19,30,32H,3-4,13-17H2,(H,31,33);(H,6,7). The Hall–Kier alpha value is -3.52. The fourth-order valence-corrected chi connectivity index (χ4v) is 5.69. The summed E-state index contributed by atoms with van der Waals surface area (Å²) in [6.07, 6.45) is -0.692. The molecule has 3 aromatic carbocycles. The number of para-hydroxylation sites is 2. The van der Waals surface area contributed by atoms with Crippen LogP contribution in [0.25, 0.3) is 0 Å². The Balaban J connectivity index is 0.000000676. The van der Waals surface area contributed by atoms with E-state index in [1.807, 2.05) is 0 Å². The molecule has 4 N–H and O–H groups in total. The number of alkyl halides is 3. The number of benzene rings is 3. The summed E-state index contributed by atoms with van der Waals surface area (Å²) in [5, 5.41) is 14.2. The number of aliphatic carboxylic acids is 1. The average Bonchev–Trinajstić information content (AvgIpc) is 2.98. The van der Waals surface area contributed by atoms with Crippen LogP contribution in [-0.2, 0) is 14.8 Å². The van der Waals surface area contributed by atoms with Gasteiger partial charge in [-0.15, -0.1) is 0 Å². The topological polar surface area (TPSA) is 134 Å². The first-order valence-corrected chi connectivity index (χ1v) is 15.6. The summed E-state index contributed by atoms with van der Waals surface area (Å²) < 4.78 is 66.2. The van der Waals surface area contributed by atoms with E-state index in [1.54, 1.807) is 36.4 Å². The van der Waals surface area contributed by atoms with Crippen molar-refractivity contribution in [3.8, 4) is 11.5 Å². The lowest BCUT2D eigenvalue weighted by molar-refractivity contribution is -0.192. The van der Waals surface area contributed by atoms with Gasteiger partial charge in [0.2, 0.25) is 0 Å². The number of halogens is 5. The van der Waals surface area contributed by atoms with E-state index in [0.717, 1.165) is 25.9 Å². The second-order valence-corrected chi connectivity index (χ2v) is 12.2. The molecule has 1 fully saturated rings. The van der Waals surface area contributed by atoms with Crippen molar-refractivity contribution < 1.29 is 41.0 Å². The van der Waals surface area contributed by atoms with Crippen LogP contribution in [0.15, 0.2) is 71.6 Å². The van der Waals surface area contributed by atoms with Crippen molar-refractivity contribution in [2.45, 2.75) is 36.8 Å². The minimum Gasteiger partial charge on any atom is -0.475 e. The zero-order valence-corrected chi connectivity index (χ0v) is 25.5. The number of rotatable bonds is 10. The number of sulfonamides is 1. The second kappa shape index (κ2) is 16.0. The molecule has 0 spiro atoms. The molecule has 238 valence electrons. The molecule has 0 unspecified atom stereocenters. The minimum absolute atomic E-state index is 0.0225. The number of nitrogens with one attached hydrogen (secondary N) is 3. The van der Waals surface area contributed by atoms with Gasteiger partial charge in [-0.25, -0.2) is 13.2 Å². The third kappa shape index (κ3) is 10.9. The summed E-state index contributed by atoms with van der Waals surface area (Å²) in [4.78, 5) is 21.4. The van der Waals surface area contributed by atoms with Crippen LogP contribution in [0.3, 0.4) is 0 Å². The summed E-state index contributed by atoms with van der Waals surface area (Å²) in [6, 6.07) is 17.2. The van der Waals surface area contributed by atoms with Crippen LogP contribution < -0.4 is 20.1 Å². The highest BCUT2D eigenvalue weighted by Crippen LogP contribution is 2.35. The number of carbonyl (C=O) groups excluding carboxylic acids is 1. The highest BCUT2D eigenvalue weighted by atomic mass is 35.5. The van der Waals surface area contributed by atoms with Gasteiger partial charge in [0.05, 0.1) is 15.6 Å². The average molecular weight is 677 g/mol. The SMILES string of the molecule is O=C(NCCCC1CCNCC1)c1ccc(S(=O)(=O)Nc2ccccc2Oc2ccc(Cl)cc2Cl)cc1.O=C(O)C(F)(F)F. The lowest BCUT2D eigenvalue weighted by Crippen LogP contribution is -2.29. The maximum atomic E-state index is 13.0. The monoisotopic (exact) mass is 675 g/mol. The van der Waals surface area contributed by atoms with Gasteiger partial charge in [-0.05, 0) is 99.3 Å². The zero-order valence-electron chi connectivity index (χ0n) is 23.2. The summed E-state index contributed by atoms with van der Waals surface area (Å²) in [6.45, 7) is 2.73. The van der Waals surface area contributed by atoms with Gasteiger partial charge in [-0.1, -0.05) is 35.3 Å². The first-order valence-electron chi connectivity index (χ1n) is 13.4. The molecule has 0 saturated carbocycles. The lowest BCUT2D eigenvalue weighted by atomic mass is 9.93. The molecule has 1 aliphatic rings. The molecule has 15 heteroatoms. The molecule has 1 amide bonds. The predicted molar refractivity (Wildman–Crippen MR) is 161 cm³/mol. The van der Waals surface area contributed by atoms with E-state index in [2.05, 4.69) is 15.4 Å². The number of hydrogen-bond acceptors (Lipinski definition) is 6. The van der Waals surface area contributed by atoms with Crippen LogP contribution in [-0.4, -0.2) is 51.2 Å². The molecule has 0 aliphatic carbocycles. The maximum absolute atomic E-state index is 13.0. The molecule has 1 heterocycles. The number of anilines is 1. The van der Waals surface area contributed by atoms with E-state index in [1.165, 1.54) is 43.2 Å². The Kier molecular flexibility index (Phi) is 12.7. The van der Waals surface area contributed by atoms with Crippen LogP contribution in [0.4, 0.5) is 18.9 Å². The highest BCUT2D eigenvalue weighted by Gasteiger charge is 2.38. The Morgan fingerprint density at radius 1 is 0.977 bits per heavy atom. The molecule has 44 heavy (non-hydrogen) atoms. The third-order valence-electron chi connectivity index (χ3n) is 6.45. The van der Waals surface area contributed by atoms with Crippen molar-refractivity contribution in [2.75, 3.05) is 24.4 Å². The van der Waals surface area contributed by atoms with Crippen LogP contribution >= 0.6 is 23.2 Å². The number of ether oxygens (including phenoxy) is 1. The van der Waals surface area contributed by atoms with E-state index in [9.17, 15) is 26.4 Å². The largest absolute Gasteiger partial charge is 0.490 e. The molecule has 9 nitrogen and oxygen atoms in total. The van der Waals surface area contributed by atoms with E-state index >= 15 is 0 Å². The number of carboxylic acids is 1. The maximum Gasteiger partial charge on any atom is 0.490 e. The van der Waals surface area contributed by atoms with Gasteiger partial charge in [0.1, 0.15) is 5.75 Å². The Labute approximate surface area is 262 Å². The highest BCUT2D eigenvalue weighted by molar-refractivity contribution is 7.92. The predicted octanol–water partition coefficient (Wildman–Crippen LogP) is 6.73. The van der Waals surface area contributed by atoms with Crippen LogP contribution in [0.5, 0.6) is 11.5 Å². The van der Waals surface area contributed by atoms with Crippen LogP contribution in [0.2, 0.25) is 10.0 Å². The summed E-state index contributed by atoms with van der Waals surface area (Å²) in [5.41, 5.74) is 0.644. The van der Waals surface area contributed by atoms with Gasteiger partial charge in [0.15, 0.2) is 5.75 Å². The van der Waals surface area contributed by atoms with Crippen LogP contribution in [0.1, 0.15) is 36.0 Å². The zero-order chi connectivity index (χ0) is 32.3. The van der Waals surface area contributed by atoms with Gasteiger partial charge < -0.3 is 20.5 Å². The number of hydrogen-bond donors (Lipinski definition) is 4. The number of amides is 1. The van der Waals surface area contributed by atoms with Gasteiger partial charge in [-0.3, -0.25) is 9.52 Å². The molecule has 0 aromatic heterocycles. The summed E-state index contributed by atoms with van der Waals surface area (Å²) >= 11 is 12.1. The van der Waals surface area contributed by atoms with Gasteiger partial charge in [0, 0.05) is 17.1 Å². The van der Waals surface area contributed by atoms with E-state index < -0.39 is 22.2 Å². The normalized spacial score (nSPS) is 13.8. The fraction of sp³-hybridized carbons (Fsp3) is 0.310. The van der Waals surface area contributed by atoms with Crippen molar-refractivity contribution >= 4 is 50.8 Å². The van der Waals surface area contributed by atoms with Crippen LogP contribution in [0, 0.1) is 5.92 Å². The molecule has 3 aromatic rings. The van der Waals surface area contributed by atoms with E-state index in [-0.39, 0.29) is 22.2 Å². The number of carboxylic acid groups (broad SMARTS) is 1. The van der Waals surface area contributed by atoms with E-state index in [0.29, 0.717) is 33.8 Å². The van der Waals surface area contributed by atoms with Gasteiger partial charge in [-0.2, -0.15) is 13.2 Å². The Bertz CT molecular complexity index is 1530. The van der Waals surface area contributed by atoms with Crippen molar-refractivity contribution in [2.24, 2.45) is 5.92 Å². The first-order chi connectivity index (χ1) is 20.8. The van der Waals surface area contributed by atoms with Crippen molar-refractivity contribution in [1.29, 1.82) is 0 Å². The second-order valence-electron chi connectivity index (χ2n) is 9.70. The Morgan fingerprint density at radius 3 is 2.23 bits per heavy atom. The number of carbonyl (C=O) groups is 2. The van der Waals surface area contributed by atoms with Gasteiger partial charge >= 0.3 is 12.1 Å². The lowest BCUT2D eigenvalue weighted by Gasteiger charge is -2.22. The third-order valence-corrected chi connectivity index (χ3v) is 8.36. The fourth-order valence-electron chi connectivity index (χ4n) is 4.17. The summed E-state index contributed by atoms with van der Waals surface area (Å²) in [5.74, 6) is -1.65.